The van der Waals surface area contributed by atoms with Crippen LogP contribution in [-0.4, -0.2) is 13.2 Å². The van der Waals surface area contributed by atoms with Crippen molar-refractivity contribution in [1.29, 1.82) is 0 Å². The second kappa shape index (κ2) is 11.2. The molecule has 0 amide bonds. The van der Waals surface area contributed by atoms with E-state index in [4.69, 9.17) is 32.7 Å². The standard InChI is InChI=1S/C24H24Cl2FNO2/c1-2-29-24-14-17(15-28-13-12-18-6-3-4-9-22(18)27)10-11-23(24)30-16-19-20(25)7-5-8-21(19)26/h3-11,14,28H,2,12-13,15-16H2,1H3. The van der Waals surface area contributed by atoms with Gasteiger partial charge in [-0.1, -0.05) is 53.5 Å². The van der Waals surface area contributed by atoms with Crippen molar-refractivity contribution in [3.63, 3.8) is 0 Å². The van der Waals surface area contributed by atoms with Crippen molar-refractivity contribution >= 4 is 23.2 Å². The van der Waals surface area contributed by atoms with Crippen LogP contribution in [-0.2, 0) is 19.6 Å². The van der Waals surface area contributed by atoms with Gasteiger partial charge in [0.15, 0.2) is 11.5 Å². The van der Waals surface area contributed by atoms with E-state index in [2.05, 4.69) is 5.32 Å². The third kappa shape index (κ3) is 6.11. The van der Waals surface area contributed by atoms with Gasteiger partial charge in [0.1, 0.15) is 12.4 Å². The normalized spacial score (nSPS) is 10.8. The third-order valence-electron chi connectivity index (χ3n) is 4.60. The van der Waals surface area contributed by atoms with Gasteiger partial charge in [-0.05, 0) is 61.3 Å². The average Bonchev–Trinajstić information content (AvgIpc) is 2.73. The van der Waals surface area contributed by atoms with E-state index in [0.717, 1.165) is 11.1 Å². The molecule has 1 N–H and O–H groups in total. The molecule has 0 spiro atoms. The Morgan fingerprint density at radius 1 is 0.900 bits per heavy atom. The zero-order valence-electron chi connectivity index (χ0n) is 16.8. The minimum atomic E-state index is -0.168. The number of hydrogen-bond donors (Lipinski definition) is 1. The highest BCUT2D eigenvalue weighted by Gasteiger charge is 2.11. The first-order valence-electron chi connectivity index (χ1n) is 9.84. The second-order valence-electron chi connectivity index (χ2n) is 6.72. The fourth-order valence-corrected chi connectivity index (χ4v) is 3.53. The molecule has 0 bridgehead atoms. The van der Waals surface area contributed by atoms with E-state index in [-0.39, 0.29) is 12.4 Å². The highest BCUT2D eigenvalue weighted by atomic mass is 35.5. The van der Waals surface area contributed by atoms with Gasteiger partial charge in [0, 0.05) is 22.2 Å². The molecular formula is C24H24Cl2FNO2. The molecule has 6 heteroatoms. The number of halogens is 3. The molecular weight excluding hydrogens is 424 g/mol. The maximum atomic E-state index is 13.7. The van der Waals surface area contributed by atoms with Gasteiger partial charge in [0.2, 0.25) is 0 Å². The van der Waals surface area contributed by atoms with E-state index in [1.807, 2.05) is 37.3 Å². The summed E-state index contributed by atoms with van der Waals surface area (Å²) in [4.78, 5) is 0. The number of benzene rings is 3. The summed E-state index contributed by atoms with van der Waals surface area (Å²) in [5.74, 6) is 1.12. The molecule has 0 aliphatic heterocycles. The molecule has 158 valence electrons. The largest absolute Gasteiger partial charge is 0.490 e. The number of ether oxygens (including phenoxy) is 2. The highest BCUT2D eigenvalue weighted by Crippen LogP contribution is 2.31. The summed E-state index contributed by atoms with van der Waals surface area (Å²) >= 11 is 12.4. The molecule has 3 aromatic carbocycles. The minimum absolute atomic E-state index is 0.168. The van der Waals surface area contributed by atoms with Gasteiger partial charge in [-0.15, -0.1) is 0 Å². The minimum Gasteiger partial charge on any atom is -0.490 e. The van der Waals surface area contributed by atoms with Crippen molar-refractivity contribution < 1.29 is 13.9 Å². The van der Waals surface area contributed by atoms with Crippen molar-refractivity contribution in [2.75, 3.05) is 13.2 Å². The fourth-order valence-electron chi connectivity index (χ4n) is 3.03. The Morgan fingerprint density at radius 2 is 1.67 bits per heavy atom. The Bertz CT molecular complexity index is 961. The van der Waals surface area contributed by atoms with E-state index in [9.17, 15) is 4.39 Å². The molecule has 0 radical (unpaired) electrons. The molecule has 3 nitrogen and oxygen atoms in total. The van der Waals surface area contributed by atoms with E-state index in [1.54, 1.807) is 24.3 Å². The molecule has 0 saturated heterocycles. The lowest BCUT2D eigenvalue weighted by Gasteiger charge is -2.15. The highest BCUT2D eigenvalue weighted by molar-refractivity contribution is 6.35. The van der Waals surface area contributed by atoms with Crippen LogP contribution in [0.1, 0.15) is 23.6 Å². The maximum Gasteiger partial charge on any atom is 0.161 e. The molecule has 0 unspecified atom stereocenters. The van der Waals surface area contributed by atoms with Crippen molar-refractivity contribution in [3.8, 4) is 11.5 Å². The van der Waals surface area contributed by atoms with E-state index >= 15 is 0 Å². The molecule has 3 rings (SSSR count). The molecule has 0 aliphatic rings. The molecule has 0 heterocycles. The van der Waals surface area contributed by atoms with Crippen LogP contribution >= 0.6 is 23.2 Å². The Hall–Kier alpha value is -2.27. The molecule has 3 aromatic rings. The summed E-state index contributed by atoms with van der Waals surface area (Å²) in [6.45, 7) is 4.01. The number of hydrogen-bond acceptors (Lipinski definition) is 3. The van der Waals surface area contributed by atoms with Crippen LogP contribution in [0.3, 0.4) is 0 Å². The zero-order chi connectivity index (χ0) is 21.3. The van der Waals surface area contributed by atoms with Crippen LogP contribution in [0, 0.1) is 5.82 Å². The average molecular weight is 448 g/mol. The summed E-state index contributed by atoms with van der Waals surface area (Å²) in [7, 11) is 0. The predicted octanol–water partition coefficient (Wildman–Crippen LogP) is 6.44. The first-order valence-corrected chi connectivity index (χ1v) is 10.6. The van der Waals surface area contributed by atoms with Gasteiger partial charge in [0.05, 0.1) is 6.61 Å². The lowest BCUT2D eigenvalue weighted by atomic mass is 10.1. The van der Waals surface area contributed by atoms with Gasteiger partial charge in [-0.25, -0.2) is 4.39 Å². The van der Waals surface area contributed by atoms with E-state index in [1.165, 1.54) is 6.07 Å². The first kappa shape index (κ1) is 22.4. The maximum absolute atomic E-state index is 13.7. The quantitative estimate of drug-likeness (QED) is 0.362. The number of nitrogens with one attached hydrogen (secondary N) is 1. The fraction of sp³-hybridized carbons (Fsp3) is 0.250. The first-order chi connectivity index (χ1) is 14.6. The Morgan fingerprint density at radius 3 is 2.40 bits per heavy atom. The zero-order valence-corrected chi connectivity index (χ0v) is 18.3. The third-order valence-corrected chi connectivity index (χ3v) is 5.31. The molecule has 0 aromatic heterocycles. The van der Waals surface area contributed by atoms with Gasteiger partial charge >= 0.3 is 0 Å². The van der Waals surface area contributed by atoms with E-state index < -0.39 is 0 Å². The van der Waals surface area contributed by atoms with Crippen LogP contribution in [0.25, 0.3) is 0 Å². The van der Waals surface area contributed by atoms with Crippen LogP contribution in [0.5, 0.6) is 11.5 Å². The second-order valence-corrected chi connectivity index (χ2v) is 7.54. The Labute approximate surface area is 186 Å². The Balaban J connectivity index is 1.59. The molecule has 30 heavy (non-hydrogen) atoms. The summed E-state index contributed by atoms with van der Waals surface area (Å²) in [6.07, 6.45) is 0.630. The van der Waals surface area contributed by atoms with Gasteiger partial charge in [-0.3, -0.25) is 0 Å². The number of rotatable bonds is 10. The summed E-state index contributed by atoms with van der Waals surface area (Å²) in [6, 6.07) is 18.0. The predicted molar refractivity (Wildman–Crippen MR) is 120 cm³/mol. The summed E-state index contributed by atoms with van der Waals surface area (Å²) in [5, 5.41) is 4.47. The van der Waals surface area contributed by atoms with Gasteiger partial charge in [-0.2, -0.15) is 0 Å². The lowest BCUT2D eigenvalue weighted by molar-refractivity contribution is 0.269. The molecule has 0 aliphatic carbocycles. The van der Waals surface area contributed by atoms with Crippen LogP contribution in [0.4, 0.5) is 4.39 Å². The van der Waals surface area contributed by atoms with Crippen LogP contribution in [0.2, 0.25) is 10.0 Å². The van der Waals surface area contributed by atoms with Crippen molar-refractivity contribution in [2.45, 2.75) is 26.5 Å². The van der Waals surface area contributed by atoms with Crippen molar-refractivity contribution in [3.05, 3.63) is 93.2 Å². The van der Waals surface area contributed by atoms with Gasteiger partial charge < -0.3 is 14.8 Å². The molecule has 0 fully saturated rings. The van der Waals surface area contributed by atoms with Gasteiger partial charge in [0.25, 0.3) is 0 Å². The molecule has 0 saturated carbocycles. The van der Waals surface area contributed by atoms with E-state index in [0.29, 0.717) is 53.2 Å². The van der Waals surface area contributed by atoms with Crippen molar-refractivity contribution in [1.82, 2.24) is 5.32 Å². The van der Waals surface area contributed by atoms with Crippen LogP contribution in [0.15, 0.2) is 60.7 Å². The summed E-state index contributed by atoms with van der Waals surface area (Å²) in [5.41, 5.74) is 2.50. The lowest BCUT2D eigenvalue weighted by Crippen LogP contribution is -2.17. The topological polar surface area (TPSA) is 30.5 Å². The monoisotopic (exact) mass is 447 g/mol. The SMILES string of the molecule is CCOc1cc(CNCCc2ccccc2F)ccc1OCc1c(Cl)cccc1Cl. The Kier molecular flexibility index (Phi) is 8.38. The van der Waals surface area contributed by atoms with Crippen molar-refractivity contribution in [2.24, 2.45) is 0 Å². The molecule has 0 atom stereocenters. The smallest absolute Gasteiger partial charge is 0.161 e. The summed E-state index contributed by atoms with van der Waals surface area (Å²) < 4.78 is 25.4. The van der Waals surface area contributed by atoms with Crippen LogP contribution < -0.4 is 14.8 Å².